The normalized spacial score (nSPS) is 17.7. The van der Waals surface area contributed by atoms with Gasteiger partial charge in [-0.05, 0) is 20.8 Å². The van der Waals surface area contributed by atoms with Crippen LogP contribution in [0.4, 0.5) is 0 Å². The first-order chi connectivity index (χ1) is 9.80. The van der Waals surface area contributed by atoms with Crippen LogP contribution in [0.1, 0.15) is 33.6 Å². The Morgan fingerprint density at radius 2 is 1.67 bits per heavy atom. The van der Waals surface area contributed by atoms with Crippen LogP contribution in [0.5, 0.6) is 0 Å². The second kappa shape index (κ2) is 8.46. The molecule has 1 aliphatic rings. The van der Waals surface area contributed by atoms with E-state index in [1.165, 1.54) is 0 Å². The minimum Gasteiger partial charge on any atom is -0.466 e. The van der Waals surface area contributed by atoms with E-state index in [0.29, 0.717) is 19.7 Å². The van der Waals surface area contributed by atoms with Gasteiger partial charge in [0.1, 0.15) is 5.78 Å². The number of β-amino-alcohol motifs (C(OH)–C–C–N with tert-alkyl or cyclic N) is 1. The van der Waals surface area contributed by atoms with Gasteiger partial charge in [0.2, 0.25) is 0 Å². The number of hydrogen-bond donors (Lipinski definition) is 1. The van der Waals surface area contributed by atoms with E-state index >= 15 is 0 Å². The Kier molecular flexibility index (Phi) is 7.28. The quantitative estimate of drug-likeness (QED) is 0.650. The highest BCUT2D eigenvalue weighted by Crippen LogP contribution is 2.09. The number of esters is 1. The summed E-state index contributed by atoms with van der Waals surface area (Å²) in [5.74, 6) is -0.222. The highest BCUT2D eigenvalue weighted by atomic mass is 16.5. The molecule has 1 heterocycles. The zero-order chi connectivity index (χ0) is 15.9. The molecule has 0 spiro atoms. The van der Waals surface area contributed by atoms with Gasteiger partial charge in [0.05, 0.1) is 25.2 Å². The number of carbonyl (C=O) groups is 2. The van der Waals surface area contributed by atoms with E-state index in [2.05, 4.69) is 9.80 Å². The molecule has 0 aliphatic carbocycles. The van der Waals surface area contributed by atoms with Crippen molar-refractivity contribution in [1.29, 1.82) is 0 Å². The molecular formula is C15H28N2O4. The van der Waals surface area contributed by atoms with Crippen molar-refractivity contribution in [2.24, 2.45) is 0 Å². The number of ketones is 1. The lowest BCUT2D eigenvalue weighted by Gasteiger charge is -2.37. The molecule has 1 saturated heterocycles. The molecule has 1 aliphatic heterocycles. The summed E-state index contributed by atoms with van der Waals surface area (Å²) in [5, 5.41) is 9.79. The van der Waals surface area contributed by atoms with Crippen LogP contribution in [-0.4, -0.2) is 78.1 Å². The first-order valence-electron chi connectivity index (χ1n) is 7.64. The summed E-state index contributed by atoms with van der Waals surface area (Å²) in [6.07, 6.45) is 0.425. The van der Waals surface area contributed by atoms with E-state index in [0.717, 1.165) is 26.2 Å². The highest BCUT2D eigenvalue weighted by Gasteiger charge is 2.23. The monoisotopic (exact) mass is 300 g/mol. The van der Waals surface area contributed by atoms with Crippen molar-refractivity contribution in [3.63, 3.8) is 0 Å². The second-order valence-corrected chi connectivity index (χ2v) is 6.21. The molecular weight excluding hydrogens is 272 g/mol. The molecule has 122 valence electrons. The summed E-state index contributed by atoms with van der Waals surface area (Å²) in [7, 11) is 0. The van der Waals surface area contributed by atoms with Crippen molar-refractivity contribution >= 4 is 11.8 Å². The largest absolute Gasteiger partial charge is 0.466 e. The lowest BCUT2D eigenvalue weighted by molar-refractivity contribution is -0.144. The van der Waals surface area contributed by atoms with E-state index in [-0.39, 0.29) is 24.6 Å². The number of carbonyl (C=O) groups excluding carboxylic acids is 2. The maximum absolute atomic E-state index is 11.8. The third kappa shape index (κ3) is 8.14. The third-order valence-electron chi connectivity index (χ3n) is 3.39. The summed E-state index contributed by atoms with van der Waals surface area (Å²) in [4.78, 5) is 27.3. The topological polar surface area (TPSA) is 70.1 Å². The lowest BCUT2D eigenvalue weighted by atomic mass is 10.1. The standard InChI is InChI=1S/C15H28N2O4/c1-4-21-14(19)6-5-13(18)11-16-7-9-17(10-8-16)12-15(2,3)20/h20H,4-12H2,1-3H3. The van der Waals surface area contributed by atoms with Crippen LogP contribution >= 0.6 is 0 Å². The Hall–Kier alpha value is -0.980. The average Bonchev–Trinajstić information content (AvgIpc) is 2.37. The van der Waals surface area contributed by atoms with Crippen LogP contribution in [0.2, 0.25) is 0 Å². The van der Waals surface area contributed by atoms with Gasteiger partial charge in [-0.1, -0.05) is 0 Å². The fourth-order valence-corrected chi connectivity index (χ4v) is 2.46. The van der Waals surface area contributed by atoms with Gasteiger partial charge < -0.3 is 9.84 Å². The summed E-state index contributed by atoms with van der Waals surface area (Å²) >= 11 is 0. The molecule has 6 nitrogen and oxygen atoms in total. The van der Waals surface area contributed by atoms with Gasteiger partial charge in [0.25, 0.3) is 0 Å². The van der Waals surface area contributed by atoms with E-state index in [9.17, 15) is 14.7 Å². The first-order valence-corrected chi connectivity index (χ1v) is 7.64. The number of hydrogen-bond acceptors (Lipinski definition) is 6. The maximum Gasteiger partial charge on any atom is 0.306 e. The highest BCUT2D eigenvalue weighted by molar-refractivity contribution is 5.84. The maximum atomic E-state index is 11.8. The van der Waals surface area contributed by atoms with Crippen molar-refractivity contribution in [3.05, 3.63) is 0 Å². The molecule has 0 aromatic rings. The van der Waals surface area contributed by atoms with Gasteiger partial charge >= 0.3 is 5.97 Å². The number of piperazine rings is 1. The molecule has 0 bridgehead atoms. The summed E-state index contributed by atoms with van der Waals surface area (Å²) in [6.45, 7) is 10.1. The fraction of sp³-hybridized carbons (Fsp3) is 0.867. The van der Waals surface area contributed by atoms with Crippen molar-refractivity contribution < 1.29 is 19.4 Å². The Labute approximate surface area is 127 Å². The number of nitrogens with zero attached hydrogens (tertiary/aromatic N) is 2. The van der Waals surface area contributed by atoms with Crippen LogP contribution in [0.3, 0.4) is 0 Å². The van der Waals surface area contributed by atoms with Crippen molar-refractivity contribution in [2.75, 3.05) is 45.9 Å². The van der Waals surface area contributed by atoms with Crippen molar-refractivity contribution in [2.45, 2.75) is 39.2 Å². The van der Waals surface area contributed by atoms with Crippen molar-refractivity contribution in [1.82, 2.24) is 9.80 Å². The van der Waals surface area contributed by atoms with E-state index < -0.39 is 5.60 Å². The molecule has 1 N–H and O–H groups in total. The van der Waals surface area contributed by atoms with Crippen molar-refractivity contribution in [3.8, 4) is 0 Å². The zero-order valence-corrected chi connectivity index (χ0v) is 13.4. The Morgan fingerprint density at radius 3 is 2.19 bits per heavy atom. The molecule has 21 heavy (non-hydrogen) atoms. The van der Waals surface area contributed by atoms with E-state index in [1.54, 1.807) is 20.8 Å². The second-order valence-electron chi connectivity index (χ2n) is 6.21. The SMILES string of the molecule is CCOC(=O)CCC(=O)CN1CCN(CC(C)(C)O)CC1. The van der Waals surface area contributed by atoms with Gasteiger partial charge in [-0.3, -0.25) is 19.4 Å². The predicted octanol–water partition coefficient (Wildman–Crippen LogP) is 0.287. The average molecular weight is 300 g/mol. The number of Topliss-reactive ketones (excluding diaryl/α,β-unsaturated/α-hetero) is 1. The molecule has 0 unspecified atom stereocenters. The molecule has 1 fully saturated rings. The molecule has 0 radical (unpaired) electrons. The third-order valence-corrected chi connectivity index (χ3v) is 3.39. The van der Waals surface area contributed by atoms with Crippen LogP contribution in [0.25, 0.3) is 0 Å². The molecule has 0 aromatic heterocycles. The van der Waals surface area contributed by atoms with Gasteiger partial charge in [-0.2, -0.15) is 0 Å². The summed E-state index contributed by atoms with van der Waals surface area (Å²) < 4.78 is 4.81. The molecule has 0 amide bonds. The molecule has 0 aromatic carbocycles. The van der Waals surface area contributed by atoms with Gasteiger partial charge in [-0.15, -0.1) is 0 Å². The first kappa shape index (κ1) is 18.1. The number of aliphatic hydroxyl groups is 1. The summed E-state index contributed by atoms with van der Waals surface area (Å²) in [5.41, 5.74) is -0.683. The minimum atomic E-state index is -0.683. The number of ether oxygens (including phenoxy) is 1. The number of rotatable bonds is 8. The summed E-state index contributed by atoms with van der Waals surface area (Å²) in [6, 6.07) is 0. The van der Waals surface area contributed by atoms with E-state index in [1.807, 2.05) is 0 Å². The van der Waals surface area contributed by atoms with Crippen LogP contribution in [0.15, 0.2) is 0 Å². The van der Waals surface area contributed by atoms with Gasteiger partial charge in [0.15, 0.2) is 0 Å². The smallest absolute Gasteiger partial charge is 0.306 e. The van der Waals surface area contributed by atoms with E-state index in [4.69, 9.17) is 4.74 Å². The van der Waals surface area contributed by atoms with Gasteiger partial charge in [0, 0.05) is 39.1 Å². The molecule has 0 saturated carbocycles. The van der Waals surface area contributed by atoms with Crippen LogP contribution in [-0.2, 0) is 14.3 Å². The molecule has 6 heteroatoms. The molecule has 1 rings (SSSR count). The molecule has 0 atom stereocenters. The Morgan fingerprint density at radius 1 is 1.10 bits per heavy atom. The fourth-order valence-electron chi connectivity index (χ4n) is 2.46. The lowest BCUT2D eigenvalue weighted by Crippen LogP contribution is -2.51. The van der Waals surface area contributed by atoms with Crippen LogP contribution < -0.4 is 0 Å². The minimum absolute atomic E-state index is 0.0824. The Balaban J connectivity index is 2.20. The zero-order valence-electron chi connectivity index (χ0n) is 13.4. The predicted molar refractivity (Wildman–Crippen MR) is 80.1 cm³/mol. The van der Waals surface area contributed by atoms with Crippen LogP contribution in [0, 0.1) is 0 Å². The van der Waals surface area contributed by atoms with Gasteiger partial charge in [-0.25, -0.2) is 0 Å². The Bertz CT molecular complexity index is 344.